The third kappa shape index (κ3) is 2.37. The van der Waals surface area contributed by atoms with Gasteiger partial charge >= 0.3 is 0 Å². The summed E-state index contributed by atoms with van der Waals surface area (Å²) in [5, 5.41) is 0.707. The molecule has 1 aliphatic rings. The fourth-order valence-corrected chi connectivity index (χ4v) is 3.13. The predicted octanol–water partition coefficient (Wildman–Crippen LogP) is 1.52. The molecular weight excluding hydrogens is 274 g/mol. The molecule has 108 valence electrons. The molecule has 20 heavy (non-hydrogen) atoms. The van der Waals surface area contributed by atoms with Crippen molar-refractivity contribution >= 4 is 28.6 Å². The number of fused-ring (bicyclic) bond motifs is 1. The molecule has 5 nitrogen and oxygen atoms in total. The van der Waals surface area contributed by atoms with E-state index in [1.54, 1.807) is 0 Å². The van der Waals surface area contributed by atoms with Gasteiger partial charge in [-0.25, -0.2) is 4.98 Å². The molecule has 1 atom stereocenters. The van der Waals surface area contributed by atoms with Crippen LogP contribution in [0.15, 0.2) is 18.2 Å². The normalized spacial score (nSPS) is 21.6. The highest BCUT2D eigenvalue weighted by Gasteiger charge is 2.24. The van der Waals surface area contributed by atoms with Crippen LogP contribution in [0.4, 0.5) is 5.95 Å². The van der Waals surface area contributed by atoms with Crippen LogP contribution < -0.4 is 5.73 Å². The third-order valence-corrected chi connectivity index (χ3v) is 4.43. The van der Waals surface area contributed by atoms with Crippen molar-refractivity contribution in [1.29, 1.82) is 0 Å². The smallest absolute Gasteiger partial charge is 0.201 e. The Kier molecular flexibility index (Phi) is 3.58. The maximum atomic E-state index is 6.32. The minimum absolute atomic E-state index is 0.421. The van der Waals surface area contributed by atoms with Crippen molar-refractivity contribution in [3.05, 3.63) is 23.2 Å². The van der Waals surface area contributed by atoms with Crippen molar-refractivity contribution in [3.8, 4) is 0 Å². The van der Waals surface area contributed by atoms with E-state index in [1.807, 2.05) is 22.8 Å². The Hall–Kier alpha value is -1.30. The second-order valence-electron chi connectivity index (χ2n) is 5.58. The van der Waals surface area contributed by atoms with E-state index in [1.165, 1.54) is 0 Å². The molecule has 0 radical (unpaired) electrons. The van der Waals surface area contributed by atoms with Crippen LogP contribution in [0.25, 0.3) is 11.0 Å². The number of nitrogen functional groups attached to an aromatic ring is 1. The third-order valence-electron chi connectivity index (χ3n) is 4.12. The number of rotatable bonds is 2. The molecule has 1 fully saturated rings. The van der Waals surface area contributed by atoms with Crippen LogP contribution >= 0.6 is 11.6 Å². The SMILES string of the molecule is CN1CCN(C)C(Cn2c(N)nc3cccc(Cl)c32)C1. The molecule has 2 heterocycles. The van der Waals surface area contributed by atoms with E-state index < -0.39 is 0 Å². The van der Waals surface area contributed by atoms with Crippen LogP contribution in [-0.4, -0.2) is 59.1 Å². The Balaban J connectivity index is 1.96. The van der Waals surface area contributed by atoms with Crippen LogP contribution in [0.3, 0.4) is 0 Å². The number of anilines is 1. The summed E-state index contributed by atoms with van der Waals surface area (Å²) in [4.78, 5) is 9.13. The first-order chi connectivity index (χ1) is 9.56. The summed E-state index contributed by atoms with van der Waals surface area (Å²) >= 11 is 6.32. The van der Waals surface area contributed by atoms with Crippen LogP contribution in [-0.2, 0) is 6.54 Å². The maximum Gasteiger partial charge on any atom is 0.201 e. The number of hydrogen-bond donors (Lipinski definition) is 1. The van der Waals surface area contributed by atoms with Crippen molar-refractivity contribution in [2.45, 2.75) is 12.6 Å². The number of aromatic nitrogens is 2. The van der Waals surface area contributed by atoms with Crippen molar-refractivity contribution < 1.29 is 0 Å². The highest BCUT2D eigenvalue weighted by atomic mass is 35.5. The van der Waals surface area contributed by atoms with Crippen LogP contribution in [0.2, 0.25) is 5.02 Å². The first-order valence-electron chi connectivity index (χ1n) is 6.85. The van der Waals surface area contributed by atoms with Gasteiger partial charge in [0.25, 0.3) is 0 Å². The monoisotopic (exact) mass is 293 g/mol. The number of imidazole rings is 1. The highest BCUT2D eigenvalue weighted by Crippen LogP contribution is 2.26. The Morgan fingerprint density at radius 2 is 2.15 bits per heavy atom. The molecule has 1 aliphatic heterocycles. The Bertz CT molecular complexity index is 623. The van der Waals surface area contributed by atoms with Gasteiger partial charge in [-0.1, -0.05) is 17.7 Å². The quantitative estimate of drug-likeness (QED) is 0.912. The van der Waals surface area contributed by atoms with Gasteiger partial charge in [0.05, 0.1) is 16.1 Å². The van der Waals surface area contributed by atoms with Gasteiger partial charge in [0.15, 0.2) is 0 Å². The molecule has 1 aromatic carbocycles. The fraction of sp³-hybridized carbons (Fsp3) is 0.500. The number of benzene rings is 1. The van der Waals surface area contributed by atoms with E-state index in [2.05, 4.69) is 28.9 Å². The number of nitrogens with two attached hydrogens (primary N) is 1. The average molecular weight is 294 g/mol. The first-order valence-corrected chi connectivity index (χ1v) is 7.23. The van der Waals surface area contributed by atoms with Gasteiger partial charge in [-0.15, -0.1) is 0 Å². The number of para-hydroxylation sites is 1. The molecule has 0 amide bonds. The molecule has 6 heteroatoms. The van der Waals surface area contributed by atoms with E-state index in [9.17, 15) is 0 Å². The average Bonchev–Trinajstić information content (AvgIpc) is 2.72. The van der Waals surface area contributed by atoms with Gasteiger partial charge < -0.3 is 15.2 Å². The second-order valence-corrected chi connectivity index (χ2v) is 5.99. The predicted molar refractivity (Wildman–Crippen MR) is 83.1 cm³/mol. The standard InChI is InChI=1S/C14H20ClN5/c1-18-6-7-19(2)10(8-18)9-20-13-11(15)4-3-5-12(13)17-14(20)16/h3-5,10H,6-9H2,1-2H3,(H2,16,17). The number of hydrogen-bond acceptors (Lipinski definition) is 4. The van der Waals surface area contributed by atoms with Crippen molar-refractivity contribution in [2.24, 2.45) is 0 Å². The van der Waals surface area contributed by atoms with E-state index >= 15 is 0 Å². The lowest BCUT2D eigenvalue weighted by Gasteiger charge is -2.38. The van der Waals surface area contributed by atoms with E-state index in [4.69, 9.17) is 17.3 Å². The van der Waals surface area contributed by atoms with Gasteiger partial charge in [-0.2, -0.15) is 0 Å². The lowest BCUT2D eigenvalue weighted by atomic mass is 10.2. The van der Waals surface area contributed by atoms with Gasteiger partial charge in [0, 0.05) is 32.2 Å². The molecule has 1 unspecified atom stereocenters. The van der Waals surface area contributed by atoms with Crippen LogP contribution in [0.5, 0.6) is 0 Å². The molecule has 0 saturated carbocycles. The molecule has 0 bridgehead atoms. The van der Waals surface area contributed by atoms with Crippen LogP contribution in [0, 0.1) is 0 Å². The van der Waals surface area contributed by atoms with Gasteiger partial charge in [-0.3, -0.25) is 4.90 Å². The van der Waals surface area contributed by atoms with Crippen molar-refractivity contribution in [1.82, 2.24) is 19.4 Å². The summed E-state index contributed by atoms with van der Waals surface area (Å²) in [5.74, 6) is 0.537. The minimum atomic E-state index is 0.421. The van der Waals surface area contributed by atoms with Crippen molar-refractivity contribution in [3.63, 3.8) is 0 Å². The molecule has 1 saturated heterocycles. The number of halogens is 1. The topological polar surface area (TPSA) is 50.3 Å². The van der Waals surface area contributed by atoms with Gasteiger partial charge in [-0.05, 0) is 26.2 Å². The van der Waals surface area contributed by atoms with Crippen molar-refractivity contribution in [2.75, 3.05) is 39.5 Å². The summed E-state index contributed by atoms with van der Waals surface area (Å²) in [6, 6.07) is 6.16. The summed E-state index contributed by atoms with van der Waals surface area (Å²) in [6.07, 6.45) is 0. The molecule has 2 N–H and O–H groups in total. The lowest BCUT2D eigenvalue weighted by molar-refractivity contribution is 0.104. The lowest BCUT2D eigenvalue weighted by Crippen LogP contribution is -2.51. The van der Waals surface area contributed by atoms with Gasteiger partial charge in [0.2, 0.25) is 5.95 Å². The molecule has 0 aliphatic carbocycles. The molecule has 1 aromatic heterocycles. The summed E-state index contributed by atoms with van der Waals surface area (Å²) < 4.78 is 2.04. The van der Waals surface area contributed by atoms with Gasteiger partial charge in [0.1, 0.15) is 0 Å². The Morgan fingerprint density at radius 3 is 2.95 bits per heavy atom. The van der Waals surface area contributed by atoms with E-state index in [-0.39, 0.29) is 0 Å². The van der Waals surface area contributed by atoms with Crippen LogP contribution in [0.1, 0.15) is 0 Å². The molecule has 2 aromatic rings. The summed E-state index contributed by atoms with van der Waals surface area (Å²) in [7, 11) is 4.32. The number of piperazine rings is 1. The Labute approximate surface area is 123 Å². The zero-order valence-corrected chi connectivity index (χ0v) is 12.6. The maximum absolute atomic E-state index is 6.32. The number of likely N-dealkylation sites (N-methyl/N-ethyl adjacent to an activating group) is 2. The highest BCUT2D eigenvalue weighted by molar-refractivity contribution is 6.35. The second kappa shape index (κ2) is 5.24. The Morgan fingerprint density at radius 1 is 1.35 bits per heavy atom. The summed E-state index contributed by atoms with van der Waals surface area (Å²) in [6.45, 7) is 4.02. The van der Waals surface area contributed by atoms with E-state index in [0.29, 0.717) is 17.0 Å². The largest absolute Gasteiger partial charge is 0.369 e. The minimum Gasteiger partial charge on any atom is -0.369 e. The summed E-state index contributed by atoms with van der Waals surface area (Å²) in [5.41, 5.74) is 7.88. The molecule has 0 spiro atoms. The fourth-order valence-electron chi connectivity index (χ4n) is 2.85. The molecule has 3 rings (SSSR count). The zero-order chi connectivity index (χ0) is 14.3. The zero-order valence-electron chi connectivity index (χ0n) is 11.9. The van der Waals surface area contributed by atoms with E-state index in [0.717, 1.165) is 37.2 Å². The first kappa shape index (κ1) is 13.7. The number of nitrogens with zero attached hydrogens (tertiary/aromatic N) is 4. The molecular formula is C14H20ClN5.